The Labute approximate surface area is 167 Å². The molecular weight excluding hydrogens is 442 g/mol. The Hall–Kier alpha value is -1.96. The number of amides is 2. The third-order valence-corrected chi connectivity index (χ3v) is 5.22. The lowest BCUT2D eigenvalue weighted by Gasteiger charge is -2.12. The number of thioether (sulfide) groups is 1. The number of aromatic hydroxyl groups is 1. The summed E-state index contributed by atoms with van der Waals surface area (Å²) in [4.78, 5) is 26.3. The number of phenols is 1. The average Bonchev–Trinajstić information content (AvgIpc) is 2.86. The second-order valence-corrected chi connectivity index (χ2v) is 7.56. The minimum absolute atomic E-state index is 0.0176. The highest BCUT2D eigenvalue weighted by Gasteiger charge is 2.36. The average molecular weight is 455 g/mol. The van der Waals surface area contributed by atoms with E-state index < -0.39 is 11.1 Å². The monoisotopic (exact) mass is 453 g/mol. The molecule has 134 valence electrons. The van der Waals surface area contributed by atoms with Crippen LogP contribution < -0.4 is 9.64 Å². The Morgan fingerprint density at radius 1 is 1.31 bits per heavy atom. The van der Waals surface area contributed by atoms with E-state index in [9.17, 15) is 14.7 Å². The summed E-state index contributed by atoms with van der Waals surface area (Å²) in [5, 5.41) is 10.0. The van der Waals surface area contributed by atoms with Crippen molar-refractivity contribution in [1.82, 2.24) is 0 Å². The number of ether oxygens (including phenoxy) is 1. The quantitative estimate of drug-likeness (QED) is 0.622. The summed E-state index contributed by atoms with van der Waals surface area (Å²) in [6.07, 6.45) is 1.59. The van der Waals surface area contributed by atoms with Crippen LogP contribution in [0.15, 0.2) is 45.8 Å². The molecular formula is C18H13BrClNO4S. The van der Waals surface area contributed by atoms with Gasteiger partial charge >= 0.3 is 0 Å². The van der Waals surface area contributed by atoms with E-state index in [0.717, 1.165) is 16.7 Å². The SMILES string of the molecule is CCOc1cc(/C=C2/SC(=O)N(c3cccc(Cl)c3)C2=O)cc(Br)c1O. The van der Waals surface area contributed by atoms with Crippen molar-refractivity contribution in [3.8, 4) is 11.5 Å². The molecule has 2 amide bonds. The minimum atomic E-state index is -0.426. The lowest BCUT2D eigenvalue weighted by Crippen LogP contribution is -2.27. The van der Waals surface area contributed by atoms with Crippen molar-refractivity contribution in [3.63, 3.8) is 0 Å². The molecule has 0 bridgehead atoms. The largest absolute Gasteiger partial charge is 0.503 e. The van der Waals surface area contributed by atoms with Crippen molar-refractivity contribution in [3.05, 3.63) is 56.4 Å². The summed E-state index contributed by atoms with van der Waals surface area (Å²) in [6.45, 7) is 2.19. The molecule has 1 aliphatic heterocycles. The van der Waals surface area contributed by atoms with Gasteiger partial charge in [-0.1, -0.05) is 17.7 Å². The number of carbonyl (C=O) groups excluding carboxylic acids is 2. The number of nitrogens with zero attached hydrogens (tertiary/aromatic N) is 1. The highest BCUT2D eigenvalue weighted by molar-refractivity contribution is 9.10. The lowest BCUT2D eigenvalue weighted by atomic mass is 10.2. The summed E-state index contributed by atoms with van der Waals surface area (Å²) < 4.78 is 5.82. The van der Waals surface area contributed by atoms with Crippen molar-refractivity contribution in [2.24, 2.45) is 0 Å². The molecule has 0 spiro atoms. The van der Waals surface area contributed by atoms with Crippen LogP contribution in [-0.4, -0.2) is 22.9 Å². The molecule has 1 fully saturated rings. The van der Waals surface area contributed by atoms with E-state index >= 15 is 0 Å². The summed E-state index contributed by atoms with van der Waals surface area (Å²) >= 11 is 10.1. The molecule has 0 aliphatic carbocycles. The van der Waals surface area contributed by atoms with Crippen molar-refractivity contribution in [2.45, 2.75) is 6.92 Å². The normalized spacial score (nSPS) is 15.8. The fourth-order valence-electron chi connectivity index (χ4n) is 2.40. The van der Waals surface area contributed by atoms with Crippen LogP contribution in [-0.2, 0) is 4.79 Å². The van der Waals surface area contributed by atoms with Crippen LogP contribution in [0.25, 0.3) is 6.08 Å². The van der Waals surface area contributed by atoms with Crippen LogP contribution in [0.3, 0.4) is 0 Å². The number of hydrogen-bond acceptors (Lipinski definition) is 5. The van der Waals surface area contributed by atoms with Crippen LogP contribution in [0.4, 0.5) is 10.5 Å². The fraction of sp³-hybridized carbons (Fsp3) is 0.111. The van der Waals surface area contributed by atoms with Gasteiger partial charge in [0.15, 0.2) is 11.5 Å². The third kappa shape index (κ3) is 3.75. The van der Waals surface area contributed by atoms with Gasteiger partial charge in [-0.25, -0.2) is 4.90 Å². The Morgan fingerprint density at radius 3 is 2.77 bits per heavy atom. The summed E-state index contributed by atoms with van der Waals surface area (Å²) in [6, 6.07) is 9.81. The fourth-order valence-corrected chi connectivity index (χ4v) is 3.89. The predicted octanol–water partition coefficient (Wildman–Crippen LogP) is 5.45. The first-order valence-electron chi connectivity index (χ1n) is 7.59. The number of carbonyl (C=O) groups is 2. The summed E-state index contributed by atoms with van der Waals surface area (Å²) in [7, 11) is 0. The number of benzene rings is 2. The van der Waals surface area contributed by atoms with Gasteiger partial charge in [-0.3, -0.25) is 9.59 Å². The van der Waals surface area contributed by atoms with Crippen LogP contribution in [0.2, 0.25) is 5.02 Å². The molecule has 1 saturated heterocycles. The standard InChI is InChI=1S/C18H13BrClNO4S/c1-2-25-14-7-10(6-13(19)16(14)22)8-15-17(23)21(18(24)26-15)12-5-3-4-11(20)9-12/h3-9,22H,2H2,1H3/b15-8+. The van der Waals surface area contributed by atoms with Gasteiger partial charge in [0.25, 0.3) is 11.1 Å². The molecule has 2 aromatic rings. The number of imide groups is 1. The minimum Gasteiger partial charge on any atom is -0.503 e. The van der Waals surface area contributed by atoms with E-state index in [1.807, 2.05) is 0 Å². The van der Waals surface area contributed by atoms with E-state index in [-0.39, 0.29) is 10.7 Å². The van der Waals surface area contributed by atoms with Crippen molar-refractivity contribution < 1.29 is 19.4 Å². The van der Waals surface area contributed by atoms with E-state index in [4.69, 9.17) is 16.3 Å². The number of anilines is 1. The number of halogens is 2. The zero-order valence-electron chi connectivity index (χ0n) is 13.5. The van der Waals surface area contributed by atoms with Gasteiger partial charge in [-0.15, -0.1) is 0 Å². The molecule has 0 unspecified atom stereocenters. The second kappa shape index (κ2) is 7.73. The van der Waals surface area contributed by atoms with E-state index in [0.29, 0.717) is 33.1 Å². The molecule has 1 aliphatic rings. The van der Waals surface area contributed by atoms with Gasteiger partial charge in [0.05, 0.1) is 21.7 Å². The van der Waals surface area contributed by atoms with Crippen LogP contribution in [0.5, 0.6) is 11.5 Å². The lowest BCUT2D eigenvalue weighted by molar-refractivity contribution is -0.113. The number of rotatable bonds is 4. The molecule has 2 aromatic carbocycles. The highest BCUT2D eigenvalue weighted by Crippen LogP contribution is 2.39. The van der Waals surface area contributed by atoms with E-state index in [1.165, 1.54) is 0 Å². The zero-order valence-corrected chi connectivity index (χ0v) is 16.7. The topological polar surface area (TPSA) is 66.8 Å². The zero-order chi connectivity index (χ0) is 18.8. The van der Waals surface area contributed by atoms with Gasteiger partial charge in [0.2, 0.25) is 0 Å². The van der Waals surface area contributed by atoms with Crippen LogP contribution in [0, 0.1) is 0 Å². The molecule has 0 aromatic heterocycles. The van der Waals surface area contributed by atoms with Crippen LogP contribution in [0.1, 0.15) is 12.5 Å². The first-order chi connectivity index (χ1) is 12.4. The predicted molar refractivity (Wildman–Crippen MR) is 107 cm³/mol. The maximum absolute atomic E-state index is 12.7. The van der Waals surface area contributed by atoms with Gasteiger partial charge in [-0.2, -0.15) is 0 Å². The number of phenolic OH excluding ortho intramolecular Hbond substituents is 1. The maximum atomic E-state index is 12.7. The van der Waals surface area contributed by atoms with Gasteiger partial charge < -0.3 is 9.84 Å². The third-order valence-electron chi connectivity index (χ3n) is 3.51. The number of hydrogen-bond donors (Lipinski definition) is 1. The van der Waals surface area contributed by atoms with Crippen molar-refractivity contribution in [2.75, 3.05) is 11.5 Å². The van der Waals surface area contributed by atoms with Crippen molar-refractivity contribution >= 4 is 62.2 Å². The van der Waals surface area contributed by atoms with Crippen LogP contribution >= 0.6 is 39.3 Å². The first-order valence-corrected chi connectivity index (χ1v) is 9.58. The molecule has 8 heteroatoms. The molecule has 1 N–H and O–H groups in total. The molecule has 1 heterocycles. The maximum Gasteiger partial charge on any atom is 0.298 e. The Kier molecular flexibility index (Phi) is 5.60. The molecule has 26 heavy (non-hydrogen) atoms. The Bertz CT molecular complexity index is 931. The van der Waals surface area contributed by atoms with Gasteiger partial charge in [0, 0.05) is 5.02 Å². The Morgan fingerprint density at radius 2 is 2.08 bits per heavy atom. The highest BCUT2D eigenvalue weighted by atomic mass is 79.9. The summed E-state index contributed by atoms with van der Waals surface area (Å²) in [5.74, 6) is -0.150. The smallest absolute Gasteiger partial charge is 0.298 e. The molecule has 0 saturated carbocycles. The Balaban J connectivity index is 1.96. The molecule has 0 radical (unpaired) electrons. The van der Waals surface area contributed by atoms with E-state index in [2.05, 4.69) is 15.9 Å². The second-order valence-electron chi connectivity index (χ2n) is 5.28. The molecule has 5 nitrogen and oxygen atoms in total. The van der Waals surface area contributed by atoms with E-state index in [1.54, 1.807) is 49.4 Å². The van der Waals surface area contributed by atoms with Crippen molar-refractivity contribution in [1.29, 1.82) is 0 Å². The molecule has 0 atom stereocenters. The summed E-state index contributed by atoms with van der Waals surface area (Å²) in [5.41, 5.74) is 1.04. The molecule has 3 rings (SSSR count). The first kappa shape index (κ1) is 18.8. The van der Waals surface area contributed by atoms with Gasteiger partial charge in [0.1, 0.15) is 0 Å². The van der Waals surface area contributed by atoms with Gasteiger partial charge in [-0.05, 0) is 76.6 Å².